The minimum Gasteiger partial charge on any atom is -0.472 e. The zero-order valence-corrected chi connectivity index (χ0v) is 7.51. The molecule has 0 radical (unpaired) electrons. The first-order valence-corrected chi connectivity index (χ1v) is 4.28. The highest BCUT2D eigenvalue weighted by Gasteiger charge is 2.01. The van der Waals surface area contributed by atoms with E-state index >= 15 is 0 Å². The summed E-state index contributed by atoms with van der Waals surface area (Å²) in [6.07, 6.45) is 6.59. The molecule has 0 unspecified atom stereocenters. The summed E-state index contributed by atoms with van der Waals surface area (Å²) in [4.78, 5) is 11.4. The average molecular weight is 190 g/mol. The number of amides is 1. The van der Waals surface area contributed by atoms with Gasteiger partial charge in [-0.15, -0.1) is 0 Å². The first-order chi connectivity index (χ1) is 6.86. The first kappa shape index (κ1) is 8.62. The second-order valence-corrected chi connectivity index (χ2v) is 2.88. The molecular formula is C10H10N2O2. The summed E-state index contributed by atoms with van der Waals surface area (Å²) in [6, 6.07) is 5.28. The van der Waals surface area contributed by atoms with Crippen molar-refractivity contribution in [2.45, 2.75) is 6.54 Å². The summed E-state index contributed by atoms with van der Waals surface area (Å²) in [5.74, 6) is 0. The number of furan rings is 1. The maximum absolute atomic E-state index is 11.4. The molecule has 4 heteroatoms. The molecule has 0 aliphatic heterocycles. The van der Waals surface area contributed by atoms with E-state index in [1.165, 1.54) is 4.57 Å². The van der Waals surface area contributed by atoms with Gasteiger partial charge in [-0.1, -0.05) is 0 Å². The van der Waals surface area contributed by atoms with Crippen molar-refractivity contribution in [3.63, 3.8) is 0 Å². The molecule has 0 spiro atoms. The van der Waals surface area contributed by atoms with Gasteiger partial charge in [0, 0.05) is 24.5 Å². The van der Waals surface area contributed by atoms with Crippen molar-refractivity contribution in [2.24, 2.45) is 0 Å². The minimum absolute atomic E-state index is 0.142. The Morgan fingerprint density at radius 2 is 2.21 bits per heavy atom. The zero-order valence-electron chi connectivity index (χ0n) is 7.51. The lowest BCUT2D eigenvalue weighted by Gasteiger charge is -2.03. The quantitative estimate of drug-likeness (QED) is 0.785. The Kier molecular flexibility index (Phi) is 2.36. The fourth-order valence-electron chi connectivity index (χ4n) is 1.13. The number of carbonyl (C=O) groups excluding carboxylic acids is 1. The lowest BCUT2D eigenvalue weighted by Crippen LogP contribution is -2.26. The predicted octanol–water partition coefficient (Wildman–Crippen LogP) is 1.84. The molecule has 2 aromatic rings. The van der Waals surface area contributed by atoms with Gasteiger partial charge in [-0.3, -0.25) is 4.57 Å². The molecule has 0 fully saturated rings. The molecule has 0 saturated heterocycles. The van der Waals surface area contributed by atoms with Crippen molar-refractivity contribution in [2.75, 3.05) is 0 Å². The monoisotopic (exact) mass is 190 g/mol. The van der Waals surface area contributed by atoms with Crippen LogP contribution in [-0.2, 0) is 6.54 Å². The van der Waals surface area contributed by atoms with Crippen molar-refractivity contribution in [3.05, 3.63) is 48.7 Å². The molecular weight excluding hydrogens is 180 g/mol. The van der Waals surface area contributed by atoms with Crippen LogP contribution in [0, 0.1) is 0 Å². The van der Waals surface area contributed by atoms with Crippen LogP contribution in [0.3, 0.4) is 0 Å². The smallest absolute Gasteiger partial charge is 0.325 e. The van der Waals surface area contributed by atoms with Gasteiger partial charge >= 0.3 is 6.03 Å². The van der Waals surface area contributed by atoms with Gasteiger partial charge in [0.15, 0.2) is 0 Å². The summed E-state index contributed by atoms with van der Waals surface area (Å²) < 4.78 is 6.37. The van der Waals surface area contributed by atoms with Gasteiger partial charge in [-0.05, 0) is 18.2 Å². The third kappa shape index (κ3) is 1.85. The summed E-state index contributed by atoms with van der Waals surface area (Å²) in [5, 5.41) is 2.75. The molecule has 2 aromatic heterocycles. The molecule has 0 saturated carbocycles. The molecule has 2 heterocycles. The summed E-state index contributed by atoms with van der Waals surface area (Å²) >= 11 is 0. The Morgan fingerprint density at radius 1 is 1.43 bits per heavy atom. The normalized spacial score (nSPS) is 10.0. The maximum Gasteiger partial charge on any atom is 0.325 e. The third-order valence-electron chi connectivity index (χ3n) is 1.86. The van der Waals surface area contributed by atoms with Crippen LogP contribution in [0.4, 0.5) is 4.79 Å². The van der Waals surface area contributed by atoms with Crippen molar-refractivity contribution in [1.82, 2.24) is 9.88 Å². The highest BCUT2D eigenvalue weighted by Crippen LogP contribution is 1.99. The molecule has 0 atom stereocenters. The van der Waals surface area contributed by atoms with E-state index in [2.05, 4.69) is 5.32 Å². The van der Waals surface area contributed by atoms with E-state index in [0.29, 0.717) is 6.54 Å². The number of aromatic nitrogens is 1. The van der Waals surface area contributed by atoms with E-state index in [-0.39, 0.29) is 6.03 Å². The van der Waals surface area contributed by atoms with Crippen LogP contribution in [0.25, 0.3) is 0 Å². The molecule has 2 rings (SSSR count). The molecule has 72 valence electrons. The van der Waals surface area contributed by atoms with Crippen molar-refractivity contribution < 1.29 is 9.21 Å². The number of hydrogen-bond donors (Lipinski definition) is 1. The molecule has 0 aliphatic rings. The Bertz CT molecular complexity index is 390. The number of rotatable bonds is 2. The summed E-state index contributed by atoms with van der Waals surface area (Å²) in [6.45, 7) is 0.480. The number of hydrogen-bond acceptors (Lipinski definition) is 2. The topological polar surface area (TPSA) is 47.2 Å². The Morgan fingerprint density at radius 3 is 2.86 bits per heavy atom. The van der Waals surface area contributed by atoms with Crippen LogP contribution in [-0.4, -0.2) is 10.6 Å². The Labute approximate surface area is 81.1 Å². The molecule has 1 N–H and O–H groups in total. The first-order valence-electron chi connectivity index (χ1n) is 4.28. The van der Waals surface area contributed by atoms with Crippen molar-refractivity contribution in [1.29, 1.82) is 0 Å². The van der Waals surface area contributed by atoms with Gasteiger partial charge in [-0.2, -0.15) is 0 Å². The third-order valence-corrected chi connectivity index (χ3v) is 1.86. The average Bonchev–Trinajstić information content (AvgIpc) is 2.87. The van der Waals surface area contributed by atoms with Crippen LogP contribution >= 0.6 is 0 Å². The van der Waals surface area contributed by atoms with Crippen LogP contribution in [0.2, 0.25) is 0 Å². The second kappa shape index (κ2) is 3.83. The molecule has 0 aliphatic carbocycles. The van der Waals surface area contributed by atoms with Crippen molar-refractivity contribution >= 4 is 6.03 Å². The van der Waals surface area contributed by atoms with Gasteiger partial charge in [0.2, 0.25) is 0 Å². The van der Waals surface area contributed by atoms with Gasteiger partial charge in [-0.25, -0.2) is 4.79 Å². The summed E-state index contributed by atoms with van der Waals surface area (Å²) in [7, 11) is 0. The van der Waals surface area contributed by atoms with E-state index in [0.717, 1.165) is 5.56 Å². The lowest BCUT2D eigenvalue weighted by atomic mass is 10.3. The lowest BCUT2D eigenvalue weighted by molar-refractivity contribution is 0.242. The van der Waals surface area contributed by atoms with Gasteiger partial charge in [0.05, 0.1) is 12.5 Å². The van der Waals surface area contributed by atoms with E-state index in [9.17, 15) is 4.79 Å². The zero-order chi connectivity index (χ0) is 9.80. The van der Waals surface area contributed by atoms with Gasteiger partial charge in [0.25, 0.3) is 0 Å². The maximum atomic E-state index is 11.4. The number of nitrogens with one attached hydrogen (secondary N) is 1. The van der Waals surface area contributed by atoms with Crippen molar-refractivity contribution in [3.8, 4) is 0 Å². The largest absolute Gasteiger partial charge is 0.472 e. The SMILES string of the molecule is O=C(NCc1ccoc1)n1cccc1. The molecule has 0 bridgehead atoms. The Balaban J connectivity index is 1.90. The van der Waals surface area contributed by atoms with E-state index in [1.54, 1.807) is 37.1 Å². The summed E-state index contributed by atoms with van der Waals surface area (Å²) in [5.41, 5.74) is 0.950. The fourth-order valence-corrected chi connectivity index (χ4v) is 1.13. The number of carbonyl (C=O) groups is 1. The van der Waals surface area contributed by atoms with Gasteiger partial charge < -0.3 is 9.73 Å². The Hall–Kier alpha value is -1.97. The number of nitrogens with zero attached hydrogens (tertiary/aromatic N) is 1. The minimum atomic E-state index is -0.142. The van der Waals surface area contributed by atoms with Crippen LogP contribution in [0.15, 0.2) is 47.5 Å². The van der Waals surface area contributed by atoms with Gasteiger partial charge in [0.1, 0.15) is 0 Å². The van der Waals surface area contributed by atoms with Crippen LogP contribution < -0.4 is 5.32 Å². The molecule has 14 heavy (non-hydrogen) atoms. The highest BCUT2D eigenvalue weighted by atomic mass is 16.3. The van der Waals surface area contributed by atoms with Crippen LogP contribution in [0.1, 0.15) is 5.56 Å². The second-order valence-electron chi connectivity index (χ2n) is 2.88. The molecule has 0 aromatic carbocycles. The fraction of sp³-hybridized carbons (Fsp3) is 0.100. The van der Waals surface area contributed by atoms with E-state index < -0.39 is 0 Å². The van der Waals surface area contributed by atoms with Crippen LogP contribution in [0.5, 0.6) is 0 Å². The predicted molar refractivity (Wildman–Crippen MR) is 50.8 cm³/mol. The molecule has 4 nitrogen and oxygen atoms in total. The molecule has 1 amide bonds. The highest BCUT2D eigenvalue weighted by molar-refractivity contribution is 5.76. The van der Waals surface area contributed by atoms with E-state index in [1.807, 2.05) is 6.07 Å². The standard InChI is InChI=1S/C10H10N2O2/c13-10(12-4-1-2-5-12)11-7-9-3-6-14-8-9/h1-6,8H,7H2,(H,11,13). The van der Waals surface area contributed by atoms with E-state index in [4.69, 9.17) is 4.42 Å².